The molecule has 4 N–H and O–H groups in total. The number of rotatable bonds is 8. The van der Waals surface area contributed by atoms with Crippen molar-refractivity contribution in [1.82, 2.24) is 5.32 Å². The van der Waals surface area contributed by atoms with Gasteiger partial charge in [-0.15, -0.1) is 11.3 Å². The van der Waals surface area contributed by atoms with Crippen LogP contribution in [0.3, 0.4) is 0 Å². The number of hydrogen-bond donors (Lipinski definition) is 4. The van der Waals surface area contributed by atoms with Gasteiger partial charge in [-0.2, -0.15) is 0 Å². The third-order valence-electron chi connectivity index (χ3n) is 4.57. The van der Waals surface area contributed by atoms with Crippen molar-refractivity contribution in [3.05, 3.63) is 40.3 Å². The maximum absolute atomic E-state index is 12.6. The molecular weight excluding hydrogens is 444 g/mol. The zero-order valence-corrected chi connectivity index (χ0v) is 20.5. The highest BCUT2D eigenvalue weighted by atomic mass is 32.1. The number of thiophene rings is 1. The van der Waals surface area contributed by atoms with Crippen LogP contribution in [0.1, 0.15) is 53.3 Å². The van der Waals surface area contributed by atoms with E-state index in [2.05, 4.69) is 21.3 Å². The smallest absolute Gasteiger partial charge is 0.341 e. The Balaban J connectivity index is 2.12. The molecule has 178 valence electrons. The first-order chi connectivity index (χ1) is 15.5. The lowest BCUT2D eigenvalue weighted by Crippen LogP contribution is -2.27. The minimum Gasteiger partial charge on any atom is -0.462 e. The number of ether oxygens (including phenoxy) is 1. The van der Waals surface area contributed by atoms with E-state index in [0.717, 1.165) is 11.3 Å². The maximum atomic E-state index is 12.6. The van der Waals surface area contributed by atoms with Crippen molar-refractivity contribution in [3.63, 3.8) is 0 Å². The van der Waals surface area contributed by atoms with Gasteiger partial charge in [0.2, 0.25) is 11.8 Å². The Labute approximate surface area is 197 Å². The van der Waals surface area contributed by atoms with Crippen LogP contribution in [0.5, 0.6) is 0 Å². The van der Waals surface area contributed by atoms with Gasteiger partial charge in [0.05, 0.1) is 23.6 Å². The Bertz CT molecular complexity index is 1060. The van der Waals surface area contributed by atoms with Crippen molar-refractivity contribution in [2.24, 2.45) is 5.41 Å². The summed E-state index contributed by atoms with van der Waals surface area (Å²) in [6.45, 7) is 8.85. The van der Waals surface area contributed by atoms with Crippen LogP contribution >= 0.6 is 11.3 Å². The monoisotopic (exact) mass is 474 g/mol. The molecule has 0 saturated heterocycles. The van der Waals surface area contributed by atoms with Crippen molar-refractivity contribution in [3.8, 4) is 0 Å². The molecule has 9 nitrogen and oxygen atoms in total. The average Bonchev–Trinajstić information content (AvgIpc) is 3.07. The highest BCUT2D eigenvalue weighted by Crippen LogP contribution is 2.33. The van der Waals surface area contributed by atoms with Crippen molar-refractivity contribution in [2.45, 2.75) is 34.6 Å². The van der Waals surface area contributed by atoms with E-state index >= 15 is 0 Å². The molecule has 3 amide bonds. The Morgan fingerprint density at radius 2 is 1.73 bits per heavy atom. The minimum atomic E-state index is -0.605. The Morgan fingerprint density at radius 1 is 1.06 bits per heavy atom. The molecular formula is C23H30N4O5S. The predicted octanol–water partition coefficient (Wildman–Crippen LogP) is 3.63. The lowest BCUT2D eigenvalue weighted by Gasteiger charge is -2.18. The van der Waals surface area contributed by atoms with Crippen molar-refractivity contribution in [1.29, 1.82) is 0 Å². The minimum absolute atomic E-state index is 0.0921. The van der Waals surface area contributed by atoms with Gasteiger partial charge in [0.25, 0.3) is 5.91 Å². The summed E-state index contributed by atoms with van der Waals surface area (Å²) in [7, 11) is 1.49. The van der Waals surface area contributed by atoms with Gasteiger partial charge in [0.1, 0.15) is 5.00 Å². The Morgan fingerprint density at radius 3 is 2.33 bits per heavy atom. The number of carbonyl (C=O) groups excluding carboxylic acids is 4. The number of esters is 1. The van der Waals surface area contributed by atoms with Gasteiger partial charge in [-0.05, 0) is 37.6 Å². The molecule has 0 radical (unpaired) electrons. The SMILES string of the molecule is CCOC(=O)c1c(NC(=O)CNc2cccc(NC(=O)C(C)(C)C)c2)sc(C(=O)NC)c1C. The van der Waals surface area contributed by atoms with Crippen LogP contribution in [-0.4, -0.2) is 43.9 Å². The molecule has 2 rings (SSSR count). The van der Waals surface area contributed by atoms with Gasteiger partial charge in [0, 0.05) is 23.8 Å². The van der Waals surface area contributed by atoms with Crippen LogP contribution in [0, 0.1) is 12.3 Å². The first kappa shape index (κ1) is 25.9. The second-order valence-corrected chi connectivity index (χ2v) is 9.27. The summed E-state index contributed by atoms with van der Waals surface area (Å²) in [4.78, 5) is 49.7. The van der Waals surface area contributed by atoms with E-state index in [1.807, 2.05) is 20.8 Å². The van der Waals surface area contributed by atoms with Crippen LogP contribution < -0.4 is 21.3 Å². The fourth-order valence-corrected chi connectivity index (χ4v) is 3.92. The lowest BCUT2D eigenvalue weighted by atomic mass is 9.95. The van der Waals surface area contributed by atoms with Crippen molar-refractivity contribution >= 4 is 51.4 Å². The standard InChI is InChI=1S/C23H30N4O5S/c1-7-32-21(30)17-13(2)18(19(29)24-6)33-20(17)27-16(28)12-25-14-9-8-10-15(11-14)26-22(31)23(3,4)5/h8-11,25H,7,12H2,1-6H3,(H,24,29)(H,26,31)(H,27,28). The normalized spacial score (nSPS) is 10.8. The number of anilines is 3. The first-order valence-electron chi connectivity index (χ1n) is 10.5. The second-order valence-electron chi connectivity index (χ2n) is 8.25. The summed E-state index contributed by atoms with van der Waals surface area (Å²) >= 11 is 1.01. The van der Waals surface area contributed by atoms with Crippen LogP contribution in [0.15, 0.2) is 24.3 Å². The molecule has 10 heteroatoms. The molecule has 0 saturated carbocycles. The fourth-order valence-electron chi connectivity index (χ4n) is 2.76. The number of nitrogens with one attached hydrogen (secondary N) is 4. The second kappa shape index (κ2) is 11.0. The molecule has 0 unspecified atom stereocenters. The molecule has 0 spiro atoms. The molecule has 33 heavy (non-hydrogen) atoms. The van der Waals surface area contributed by atoms with Crippen molar-refractivity contribution in [2.75, 3.05) is 36.1 Å². The fraction of sp³-hybridized carbons (Fsp3) is 0.391. The number of carbonyl (C=O) groups is 4. The number of amides is 3. The first-order valence-corrected chi connectivity index (χ1v) is 11.3. The number of hydrogen-bond acceptors (Lipinski definition) is 7. The Kier molecular flexibility index (Phi) is 8.58. The molecule has 0 atom stereocenters. The third kappa shape index (κ3) is 6.79. The van der Waals surface area contributed by atoms with Gasteiger partial charge in [-0.1, -0.05) is 26.8 Å². The highest BCUT2D eigenvalue weighted by Gasteiger charge is 2.26. The van der Waals surface area contributed by atoms with E-state index in [1.165, 1.54) is 7.05 Å². The van der Waals surface area contributed by atoms with Crippen LogP contribution in [0.2, 0.25) is 0 Å². The molecule has 0 bridgehead atoms. The zero-order chi connectivity index (χ0) is 24.8. The molecule has 1 aromatic carbocycles. The lowest BCUT2D eigenvalue weighted by molar-refractivity contribution is -0.123. The van der Waals surface area contributed by atoms with Gasteiger partial charge >= 0.3 is 5.97 Å². The van der Waals surface area contributed by atoms with Crippen molar-refractivity contribution < 1.29 is 23.9 Å². The summed E-state index contributed by atoms with van der Waals surface area (Å²) < 4.78 is 5.09. The summed E-state index contributed by atoms with van der Waals surface area (Å²) in [6.07, 6.45) is 0. The van der Waals surface area contributed by atoms with Crippen LogP contribution in [0.4, 0.5) is 16.4 Å². The van der Waals surface area contributed by atoms with E-state index in [0.29, 0.717) is 21.8 Å². The summed E-state index contributed by atoms with van der Waals surface area (Å²) in [5.41, 5.74) is 1.32. The average molecular weight is 475 g/mol. The van der Waals surface area contributed by atoms with E-state index in [-0.39, 0.29) is 35.5 Å². The Hall–Kier alpha value is -3.40. The topological polar surface area (TPSA) is 126 Å². The molecule has 1 heterocycles. The predicted molar refractivity (Wildman–Crippen MR) is 130 cm³/mol. The summed E-state index contributed by atoms with van der Waals surface area (Å²) in [5, 5.41) is 11.3. The molecule has 0 aliphatic rings. The molecule has 1 aromatic heterocycles. The molecule has 0 aliphatic carbocycles. The van der Waals surface area contributed by atoms with E-state index in [9.17, 15) is 19.2 Å². The summed E-state index contributed by atoms with van der Waals surface area (Å²) in [6, 6.07) is 7.01. The zero-order valence-electron chi connectivity index (χ0n) is 19.7. The van der Waals surface area contributed by atoms with Gasteiger partial charge < -0.3 is 26.0 Å². The van der Waals surface area contributed by atoms with Gasteiger partial charge in [0.15, 0.2) is 0 Å². The quantitative estimate of drug-likeness (QED) is 0.433. The highest BCUT2D eigenvalue weighted by molar-refractivity contribution is 7.18. The maximum Gasteiger partial charge on any atom is 0.341 e. The van der Waals surface area contributed by atoms with E-state index in [1.54, 1.807) is 38.1 Å². The van der Waals surface area contributed by atoms with Crippen LogP contribution in [-0.2, 0) is 14.3 Å². The summed E-state index contributed by atoms with van der Waals surface area (Å²) in [5.74, 6) is -1.49. The van der Waals surface area contributed by atoms with Gasteiger partial charge in [-0.25, -0.2) is 4.79 Å². The molecule has 2 aromatic rings. The number of benzene rings is 1. The third-order valence-corrected chi connectivity index (χ3v) is 5.77. The van der Waals surface area contributed by atoms with E-state index < -0.39 is 17.3 Å². The van der Waals surface area contributed by atoms with E-state index in [4.69, 9.17) is 4.74 Å². The molecule has 0 aliphatic heterocycles. The largest absolute Gasteiger partial charge is 0.462 e. The molecule has 0 fully saturated rings. The van der Waals surface area contributed by atoms with Gasteiger partial charge in [-0.3, -0.25) is 14.4 Å². The van der Waals surface area contributed by atoms with Crippen LogP contribution in [0.25, 0.3) is 0 Å².